The van der Waals surface area contributed by atoms with Crippen LogP contribution >= 0.6 is 0 Å². The SMILES string of the molecule is CC(C)Oc1cc(Nc2ncn(-c3ccccc3)n2)ccc1C(=O)O. The zero-order chi connectivity index (χ0) is 17.8. The van der Waals surface area contributed by atoms with Crippen molar-refractivity contribution in [3.05, 3.63) is 60.4 Å². The second-order valence-electron chi connectivity index (χ2n) is 5.66. The van der Waals surface area contributed by atoms with E-state index in [4.69, 9.17) is 4.74 Å². The summed E-state index contributed by atoms with van der Waals surface area (Å²) in [5, 5.41) is 16.7. The van der Waals surface area contributed by atoms with Crippen molar-refractivity contribution < 1.29 is 14.6 Å². The highest BCUT2D eigenvalue weighted by atomic mass is 16.5. The van der Waals surface area contributed by atoms with Crippen LogP contribution in [0.5, 0.6) is 5.75 Å². The number of nitrogens with one attached hydrogen (secondary N) is 1. The van der Waals surface area contributed by atoms with E-state index in [-0.39, 0.29) is 11.7 Å². The van der Waals surface area contributed by atoms with Gasteiger partial charge in [-0.2, -0.15) is 4.98 Å². The molecule has 3 rings (SSSR count). The number of ether oxygens (including phenoxy) is 1. The molecule has 0 spiro atoms. The third-order valence-corrected chi connectivity index (χ3v) is 3.34. The monoisotopic (exact) mass is 338 g/mol. The van der Waals surface area contributed by atoms with E-state index in [9.17, 15) is 9.90 Å². The van der Waals surface area contributed by atoms with Gasteiger partial charge in [0, 0.05) is 11.8 Å². The molecule has 2 aromatic carbocycles. The van der Waals surface area contributed by atoms with Crippen LogP contribution in [-0.4, -0.2) is 31.9 Å². The molecule has 0 unspecified atom stereocenters. The van der Waals surface area contributed by atoms with Crippen molar-refractivity contribution in [2.75, 3.05) is 5.32 Å². The Bertz CT molecular complexity index is 875. The molecule has 0 aliphatic rings. The van der Waals surface area contributed by atoms with E-state index in [1.807, 2.05) is 44.2 Å². The fraction of sp³-hybridized carbons (Fsp3) is 0.167. The first-order valence-corrected chi connectivity index (χ1v) is 7.81. The van der Waals surface area contributed by atoms with Crippen molar-refractivity contribution in [3.8, 4) is 11.4 Å². The van der Waals surface area contributed by atoms with Crippen LogP contribution in [0.15, 0.2) is 54.9 Å². The van der Waals surface area contributed by atoms with E-state index in [2.05, 4.69) is 15.4 Å². The second-order valence-corrected chi connectivity index (χ2v) is 5.66. The van der Waals surface area contributed by atoms with Crippen LogP contribution in [0, 0.1) is 0 Å². The number of para-hydroxylation sites is 1. The van der Waals surface area contributed by atoms with Gasteiger partial charge in [-0.15, -0.1) is 5.10 Å². The summed E-state index contributed by atoms with van der Waals surface area (Å²) < 4.78 is 7.24. The van der Waals surface area contributed by atoms with Crippen molar-refractivity contribution in [2.45, 2.75) is 20.0 Å². The zero-order valence-electron chi connectivity index (χ0n) is 13.9. The van der Waals surface area contributed by atoms with Gasteiger partial charge in [0.25, 0.3) is 0 Å². The molecular weight excluding hydrogens is 320 g/mol. The van der Waals surface area contributed by atoms with Crippen molar-refractivity contribution in [3.63, 3.8) is 0 Å². The maximum Gasteiger partial charge on any atom is 0.339 e. The largest absolute Gasteiger partial charge is 0.490 e. The Balaban J connectivity index is 1.83. The van der Waals surface area contributed by atoms with Gasteiger partial charge >= 0.3 is 5.97 Å². The van der Waals surface area contributed by atoms with Crippen LogP contribution in [0.1, 0.15) is 24.2 Å². The molecule has 1 heterocycles. The lowest BCUT2D eigenvalue weighted by Gasteiger charge is -2.13. The number of carbonyl (C=O) groups is 1. The molecule has 25 heavy (non-hydrogen) atoms. The first kappa shape index (κ1) is 16.5. The summed E-state index contributed by atoms with van der Waals surface area (Å²) >= 11 is 0. The molecule has 7 nitrogen and oxygen atoms in total. The minimum absolute atomic E-state index is 0.113. The third kappa shape index (κ3) is 3.95. The highest BCUT2D eigenvalue weighted by Crippen LogP contribution is 2.26. The Kier molecular flexibility index (Phi) is 4.65. The minimum Gasteiger partial charge on any atom is -0.490 e. The third-order valence-electron chi connectivity index (χ3n) is 3.34. The van der Waals surface area contributed by atoms with E-state index >= 15 is 0 Å². The van der Waals surface area contributed by atoms with Gasteiger partial charge in [-0.25, -0.2) is 9.48 Å². The van der Waals surface area contributed by atoms with E-state index < -0.39 is 5.97 Å². The first-order chi connectivity index (χ1) is 12.0. The molecule has 0 saturated heterocycles. The van der Waals surface area contributed by atoms with E-state index in [0.29, 0.717) is 17.4 Å². The summed E-state index contributed by atoms with van der Waals surface area (Å²) in [7, 11) is 0. The van der Waals surface area contributed by atoms with Crippen molar-refractivity contribution in [2.24, 2.45) is 0 Å². The average molecular weight is 338 g/mol. The fourth-order valence-electron chi connectivity index (χ4n) is 2.28. The quantitative estimate of drug-likeness (QED) is 0.715. The molecule has 0 aliphatic carbocycles. The number of carboxylic acid groups (broad SMARTS) is 1. The molecule has 2 N–H and O–H groups in total. The second kappa shape index (κ2) is 7.04. The molecule has 0 radical (unpaired) electrons. The Morgan fingerprint density at radius 1 is 1.20 bits per heavy atom. The molecule has 7 heteroatoms. The zero-order valence-corrected chi connectivity index (χ0v) is 13.9. The number of aromatic carboxylic acids is 1. The lowest BCUT2D eigenvalue weighted by Crippen LogP contribution is -2.10. The van der Waals surface area contributed by atoms with Crippen molar-refractivity contribution >= 4 is 17.6 Å². The summed E-state index contributed by atoms with van der Waals surface area (Å²) in [6.07, 6.45) is 1.47. The maximum absolute atomic E-state index is 11.3. The number of hydrogen-bond acceptors (Lipinski definition) is 5. The lowest BCUT2D eigenvalue weighted by molar-refractivity contribution is 0.0690. The van der Waals surface area contributed by atoms with Gasteiger partial charge in [0.05, 0.1) is 11.8 Å². The van der Waals surface area contributed by atoms with Gasteiger partial charge in [-0.05, 0) is 38.1 Å². The molecule has 1 aromatic heterocycles. The van der Waals surface area contributed by atoms with E-state index in [0.717, 1.165) is 5.69 Å². The van der Waals surface area contributed by atoms with Crippen LogP contribution in [0.2, 0.25) is 0 Å². The summed E-state index contributed by atoms with van der Waals surface area (Å²) in [6, 6.07) is 14.4. The number of benzene rings is 2. The fourth-order valence-corrected chi connectivity index (χ4v) is 2.28. The first-order valence-electron chi connectivity index (χ1n) is 7.81. The summed E-state index contributed by atoms with van der Waals surface area (Å²) in [5.74, 6) is -0.328. The topological polar surface area (TPSA) is 89.3 Å². The molecule has 0 fully saturated rings. The van der Waals surface area contributed by atoms with Crippen LogP contribution in [0.25, 0.3) is 5.69 Å². The maximum atomic E-state index is 11.3. The molecule has 0 atom stereocenters. The molecule has 128 valence electrons. The highest BCUT2D eigenvalue weighted by molar-refractivity contribution is 5.91. The van der Waals surface area contributed by atoms with Crippen LogP contribution in [-0.2, 0) is 0 Å². The van der Waals surface area contributed by atoms with Crippen molar-refractivity contribution in [1.82, 2.24) is 14.8 Å². The molecular formula is C18H18N4O3. The smallest absolute Gasteiger partial charge is 0.339 e. The van der Waals surface area contributed by atoms with Gasteiger partial charge < -0.3 is 15.2 Å². The average Bonchev–Trinajstić information content (AvgIpc) is 3.03. The molecule has 0 saturated carbocycles. The van der Waals surface area contributed by atoms with Gasteiger partial charge in [0.2, 0.25) is 5.95 Å². The number of nitrogens with zero attached hydrogens (tertiary/aromatic N) is 3. The standard InChI is InChI=1S/C18H18N4O3/c1-12(2)25-16-10-13(8-9-15(16)17(23)24)20-18-19-11-22(21-18)14-6-4-3-5-7-14/h3-12H,1-2H3,(H,20,21)(H,23,24). The number of rotatable bonds is 6. The minimum atomic E-state index is -1.03. The Hall–Kier alpha value is -3.35. The summed E-state index contributed by atoms with van der Waals surface area (Å²) in [4.78, 5) is 15.5. The molecule has 0 aliphatic heterocycles. The normalized spacial score (nSPS) is 10.7. The van der Waals surface area contributed by atoms with Gasteiger partial charge in [-0.1, -0.05) is 18.2 Å². The van der Waals surface area contributed by atoms with E-state index in [1.165, 1.54) is 6.07 Å². The number of anilines is 2. The molecule has 0 amide bonds. The van der Waals surface area contributed by atoms with Crippen LogP contribution in [0.3, 0.4) is 0 Å². The van der Waals surface area contributed by atoms with Gasteiger partial charge in [0.15, 0.2) is 0 Å². The number of carboxylic acids is 1. The number of hydrogen-bond donors (Lipinski definition) is 2. The van der Waals surface area contributed by atoms with Gasteiger partial charge in [0.1, 0.15) is 17.6 Å². The predicted octanol–water partition coefficient (Wildman–Crippen LogP) is 3.50. The Morgan fingerprint density at radius 2 is 1.96 bits per heavy atom. The van der Waals surface area contributed by atoms with Gasteiger partial charge in [-0.3, -0.25) is 0 Å². The Labute approximate surface area is 144 Å². The van der Waals surface area contributed by atoms with E-state index in [1.54, 1.807) is 23.1 Å². The van der Waals surface area contributed by atoms with Crippen LogP contribution < -0.4 is 10.1 Å². The molecule has 3 aromatic rings. The summed E-state index contributed by atoms with van der Waals surface area (Å²) in [6.45, 7) is 3.68. The summed E-state index contributed by atoms with van der Waals surface area (Å²) in [5.41, 5.74) is 1.65. The van der Waals surface area contributed by atoms with Crippen LogP contribution in [0.4, 0.5) is 11.6 Å². The Morgan fingerprint density at radius 3 is 2.64 bits per heavy atom. The van der Waals surface area contributed by atoms with Crippen molar-refractivity contribution in [1.29, 1.82) is 0 Å². The number of aromatic nitrogens is 3. The predicted molar refractivity (Wildman–Crippen MR) is 93.8 cm³/mol. The molecule has 0 bridgehead atoms. The lowest BCUT2D eigenvalue weighted by atomic mass is 10.2. The highest BCUT2D eigenvalue weighted by Gasteiger charge is 2.14.